The molecule has 0 aliphatic heterocycles. The summed E-state index contributed by atoms with van der Waals surface area (Å²) in [6, 6.07) is 7.36. The van der Waals surface area contributed by atoms with Crippen LogP contribution in [0.15, 0.2) is 42.1 Å². The van der Waals surface area contributed by atoms with E-state index in [0.717, 1.165) is 36.9 Å². The van der Waals surface area contributed by atoms with Crippen LogP contribution < -0.4 is 5.32 Å². The Kier molecular flexibility index (Phi) is 7.96. The average molecular weight is 513 g/mol. The van der Waals surface area contributed by atoms with E-state index in [-0.39, 0.29) is 22.8 Å². The summed E-state index contributed by atoms with van der Waals surface area (Å²) in [7, 11) is 0. The summed E-state index contributed by atoms with van der Waals surface area (Å²) in [5, 5.41) is 22.6. The first-order chi connectivity index (χ1) is 17.0. The van der Waals surface area contributed by atoms with Gasteiger partial charge in [-0.1, -0.05) is 56.5 Å². The molecule has 2 fully saturated rings. The predicted molar refractivity (Wildman–Crippen MR) is 144 cm³/mol. The molecular weight excluding hydrogens is 472 g/mol. The number of rotatable bonds is 7. The van der Waals surface area contributed by atoms with Crippen molar-refractivity contribution in [1.29, 1.82) is 0 Å². The molecule has 0 saturated heterocycles. The summed E-state index contributed by atoms with van der Waals surface area (Å²) in [6.07, 6.45) is 9.75. The predicted octanol–water partition coefficient (Wildman–Crippen LogP) is 6.11. The SMILES string of the molecule is C/C(=C\C(=O)NCc1cn(-c2ccc(Cl)cc2)nn1)CC[C@@H]1C(C)CC[C@@H]2C(C)(C)[C@H](O)CC[C@@]12C. The van der Waals surface area contributed by atoms with E-state index in [1.165, 1.54) is 12.8 Å². The zero-order valence-corrected chi connectivity index (χ0v) is 23.1. The molecule has 1 amide bonds. The Morgan fingerprint density at radius 3 is 2.67 bits per heavy atom. The monoisotopic (exact) mass is 512 g/mol. The van der Waals surface area contributed by atoms with Crippen LogP contribution in [-0.2, 0) is 11.3 Å². The van der Waals surface area contributed by atoms with E-state index in [0.29, 0.717) is 35.0 Å². The standard InChI is InChI=1S/C29H41ClN4O2/c1-19(6-12-24-20(2)7-13-25-28(3,4)26(35)14-15-29(24,25)5)16-27(36)31-17-22-18-34(33-32-22)23-10-8-21(30)9-11-23/h8-11,16,18,20,24-26,35H,6-7,12-15,17H2,1-5H3,(H,31,36)/b19-16+/t20?,24-,25-,26-,29+/m1/s1. The highest BCUT2D eigenvalue weighted by Crippen LogP contribution is 2.62. The first-order valence-electron chi connectivity index (χ1n) is 13.3. The molecule has 1 aromatic heterocycles. The maximum absolute atomic E-state index is 12.6. The molecule has 2 N–H and O–H groups in total. The number of carbonyl (C=O) groups excluding carboxylic acids is 1. The molecule has 7 heteroatoms. The number of aromatic nitrogens is 3. The number of hydrogen-bond donors (Lipinski definition) is 2. The van der Waals surface area contributed by atoms with Crippen molar-refractivity contribution < 1.29 is 9.90 Å². The van der Waals surface area contributed by atoms with Gasteiger partial charge in [-0.25, -0.2) is 4.68 Å². The van der Waals surface area contributed by atoms with Gasteiger partial charge >= 0.3 is 0 Å². The average Bonchev–Trinajstić information content (AvgIpc) is 3.29. The second-order valence-corrected chi connectivity index (χ2v) is 12.4. The number of halogens is 1. The molecule has 2 aliphatic rings. The molecule has 196 valence electrons. The normalized spacial score (nSPS) is 30.0. The van der Waals surface area contributed by atoms with Crippen molar-refractivity contribution in [3.05, 3.63) is 52.8 Å². The van der Waals surface area contributed by atoms with Gasteiger partial charge in [-0.3, -0.25) is 4.79 Å². The Hall–Kier alpha value is -2.18. The number of nitrogens with one attached hydrogen (secondary N) is 1. The fraction of sp³-hybridized carbons (Fsp3) is 0.621. The lowest BCUT2D eigenvalue weighted by atomic mass is 9.45. The number of fused-ring (bicyclic) bond motifs is 1. The van der Waals surface area contributed by atoms with Crippen LogP contribution in [0, 0.1) is 28.6 Å². The van der Waals surface area contributed by atoms with E-state index in [1.54, 1.807) is 22.9 Å². The summed E-state index contributed by atoms with van der Waals surface area (Å²) >= 11 is 5.95. The van der Waals surface area contributed by atoms with E-state index in [1.807, 2.05) is 18.3 Å². The van der Waals surface area contributed by atoms with Gasteiger partial charge in [0.1, 0.15) is 5.69 Å². The van der Waals surface area contributed by atoms with Crippen molar-refractivity contribution in [2.75, 3.05) is 0 Å². The van der Waals surface area contributed by atoms with Crippen molar-refractivity contribution in [3.8, 4) is 5.69 Å². The minimum Gasteiger partial charge on any atom is -0.393 e. The van der Waals surface area contributed by atoms with Crippen LogP contribution in [-0.4, -0.2) is 32.1 Å². The van der Waals surface area contributed by atoms with Crippen molar-refractivity contribution in [1.82, 2.24) is 20.3 Å². The number of aliphatic hydroxyl groups is 1. The number of hydrogen-bond acceptors (Lipinski definition) is 4. The lowest BCUT2D eigenvalue weighted by molar-refractivity contribution is -0.149. The van der Waals surface area contributed by atoms with Crippen molar-refractivity contribution in [2.24, 2.45) is 28.6 Å². The van der Waals surface area contributed by atoms with Gasteiger partial charge in [0.15, 0.2) is 0 Å². The summed E-state index contributed by atoms with van der Waals surface area (Å²) in [6.45, 7) is 11.8. The number of aliphatic hydroxyl groups excluding tert-OH is 1. The summed E-state index contributed by atoms with van der Waals surface area (Å²) < 4.78 is 1.67. The molecule has 0 radical (unpaired) electrons. The molecule has 5 atom stereocenters. The Balaban J connectivity index is 1.32. The van der Waals surface area contributed by atoms with Gasteiger partial charge in [0.05, 0.1) is 24.5 Å². The highest BCUT2D eigenvalue weighted by molar-refractivity contribution is 6.30. The molecule has 36 heavy (non-hydrogen) atoms. The second-order valence-electron chi connectivity index (χ2n) is 12.0. The number of amides is 1. The molecule has 1 unspecified atom stereocenters. The van der Waals surface area contributed by atoms with E-state index >= 15 is 0 Å². The topological polar surface area (TPSA) is 80.0 Å². The number of nitrogens with zero attached hydrogens (tertiary/aromatic N) is 3. The zero-order chi connectivity index (χ0) is 26.1. The Bertz CT molecular complexity index is 1090. The molecule has 6 nitrogen and oxygen atoms in total. The third-order valence-corrected chi connectivity index (χ3v) is 9.51. The summed E-state index contributed by atoms with van der Waals surface area (Å²) in [5.41, 5.74) is 2.88. The quantitative estimate of drug-likeness (QED) is 0.438. The fourth-order valence-corrected chi connectivity index (χ4v) is 7.25. The highest BCUT2D eigenvalue weighted by atomic mass is 35.5. The van der Waals surface area contributed by atoms with Gasteiger partial charge in [-0.2, -0.15) is 0 Å². The third kappa shape index (κ3) is 5.55. The van der Waals surface area contributed by atoms with Crippen LogP contribution in [0.3, 0.4) is 0 Å². The Labute approximate surface area is 220 Å². The molecule has 0 spiro atoms. The first kappa shape index (κ1) is 26.9. The summed E-state index contributed by atoms with van der Waals surface area (Å²) in [5.74, 6) is 1.72. The van der Waals surface area contributed by atoms with E-state index in [2.05, 4.69) is 50.2 Å². The molecule has 2 aliphatic carbocycles. The smallest absolute Gasteiger partial charge is 0.244 e. The van der Waals surface area contributed by atoms with Gasteiger partial charge < -0.3 is 10.4 Å². The van der Waals surface area contributed by atoms with Crippen molar-refractivity contribution in [3.63, 3.8) is 0 Å². The van der Waals surface area contributed by atoms with Crippen LogP contribution in [0.1, 0.15) is 78.8 Å². The first-order valence-corrected chi connectivity index (χ1v) is 13.7. The maximum Gasteiger partial charge on any atom is 0.244 e. The number of carbonyl (C=O) groups is 1. The van der Waals surface area contributed by atoms with E-state index in [4.69, 9.17) is 11.6 Å². The molecule has 2 aromatic rings. The molecule has 1 aromatic carbocycles. The number of allylic oxidation sites excluding steroid dienone is 1. The largest absolute Gasteiger partial charge is 0.393 e. The molecule has 4 rings (SSSR count). The Morgan fingerprint density at radius 2 is 1.94 bits per heavy atom. The lowest BCUT2D eigenvalue weighted by Gasteiger charge is -2.60. The van der Waals surface area contributed by atoms with Gasteiger partial charge in [-0.05, 0) is 91.9 Å². The van der Waals surface area contributed by atoms with Gasteiger partial charge in [0.2, 0.25) is 5.91 Å². The van der Waals surface area contributed by atoms with Crippen LogP contribution in [0.4, 0.5) is 0 Å². The van der Waals surface area contributed by atoms with E-state index in [9.17, 15) is 9.90 Å². The highest BCUT2D eigenvalue weighted by Gasteiger charge is 2.56. The van der Waals surface area contributed by atoms with Gasteiger partial charge in [0.25, 0.3) is 0 Å². The zero-order valence-electron chi connectivity index (χ0n) is 22.3. The van der Waals surface area contributed by atoms with Crippen molar-refractivity contribution >= 4 is 17.5 Å². The minimum atomic E-state index is -0.206. The molecule has 2 saturated carbocycles. The van der Waals surface area contributed by atoms with E-state index < -0.39 is 0 Å². The van der Waals surface area contributed by atoms with Crippen LogP contribution in [0.25, 0.3) is 5.69 Å². The van der Waals surface area contributed by atoms with Crippen molar-refractivity contribution in [2.45, 2.75) is 85.8 Å². The molecule has 0 bridgehead atoms. The van der Waals surface area contributed by atoms with Crippen LogP contribution in [0.5, 0.6) is 0 Å². The van der Waals surface area contributed by atoms with Crippen LogP contribution in [0.2, 0.25) is 5.02 Å². The Morgan fingerprint density at radius 1 is 1.22 bits per heavy atom. The fourth-order valence-electron chi connectivity index (χ4n) is 7.12. The van der Waals surface area contributed by atoms with Crippen LogP contribution >= 0.6 is 11.6 Å². The second kappa shape index (κ2) is 10.7. The lowest BCUT2D eigenvalue weighted by Crippen LogP contribution is -2.55. The molecule has 1 heterocycles. The van der Waals surface area contributed by atoms with Gasteiger partial charge in [0, 0.05) is 11.1 Å². The summed E-state index contributed by atoms with van der Waals surface area (Å²) in [4.78, 5) is 12.6. The number of benzene rings is 1. The van der Waals surface area contributed by atoms with Gasteiger partial charge in [-0.15, -0.1) is 5.10 Å². The third-order valence-electron chi connectivity index (χ3n) is 9.26. The minimum absolute atomic E-state index is 0.0362. The maximum atomic E-state index is 12.6. The molecular formula is C29H41ClN4O2.